The Labute approximate surface area is 135 Å². The molecule has 0 unspecified atom stereocenters. The monoisotopic (exact) mass is 308 g/mol. The second-order valence-corrected chi connectivity index (χ2v) is 5.59. The van der Waals surface area contributed by atoms with Gasteiger partial charge in [0.25, 0.3) is 5.56 Å². The molecular formula is C18H20N4O. The van der Waals surface area contributed by atoms with Crippen LogP contribution in [0.5, 0.6) is 0 Å². The van der Waals surface area contributed by atoms with Gasteiger partial charge >= 0.3 is 0 Å². The molecule has 1 heterocycles. The fourth-order valence-corrected chi connectivity index (χ4v) is 2.66. The van der Waals surface area contributed by atoms with Gasteiger partial charge in [-0.05, 0) is 30.7 Å². The Balaban J connectivity index is 1.85. The molecule has 5 heteroatoms. The molecule has 0 aliphatic rings. The second kappa shape index (κ2) is 7.15. The van der Waals surface area contributed by atoms with E-state index in [0.717, 1.165) is 19.5 Å². The first-order chi connectivity index (χ1) is 11.3. The normalized spacial score (nSPS) is 11.2. The molecule has 0 fully saturated rings. The maximum absolute atomic E-state index is 12.6. The van der Waals surface area contributed by atoms with Crippen molar-refractivity contribution in [1.29, 1.82) is 0 Å². The third-order valence-corrected chi connectivity index (χ3v) is 3.75. The minimum Gasteiger partial charge on any atom is -0.280 e. The topological polar surface area (TPSA) is 51.0 Å². The van der Waals surface area contributed by atoms with Crippen LogP contribution in [-0.2, 0) is 13.2 Å². The highest BCUT2D eigenvalue weighted by molar-refractivity contribution is 5.76. The molecule has 0 aliphatic carbocycles. The third-order valence-electron chi connectivity index (χ3n) is 3.75. The summed E-state index contributed by atoms with van der Waals surface area (Å²) in [6.07, 6.45) is 1.02. The molecule has 1 aromatic heterocycles. The van der Waals surface area contributed by atoms with Crippen LogP contribution in [0.25, 0.3) is 10.9 Å². The molecule has 0 N–H and O–H groups in total. The Morgan fingerprint density at radius 3 is 2.57 bits per heavy atom. The summed E-state index contributed by atoms with van der Waals surface area (Å²) in [6.45, 7) is 4.26. The van der Waals surface area contributed by atoms with E-state index in [1.54, 1.807) is 6.07 Å². The molecule has 0 radical (unpaired) electrons. The summed E-state index contributed by atoms with van der Waals surface area (Å²) in [5.41, 5.74) is 1.77. The van der Waals surface area contributed by atoms with Gasteiger partial charge in [0.15, 0.2) is 0 Å². The van der Waals surface area contributed by atoms with Crippen LogP contribution in [0.4, 0.5) is 0 Å². The minimum atomic E-state index is -0.0928. The van der Waals surface area contributed by atoms with Crippen LogP contribution in [0.15, 0.2) is 59.4 Å². The van der Waals surface area contributed by atoms with Crippen LogP contribution >= 0.6 is 0 Å². The number of hydrogen-bond donors (Lipinski definition) is 0. The quantitative estimate of drug-likeness (QED) is 0.702. The maximum Gasteiger partial charge on any atom is 0.278 e. The van der Waals surface area contributed by atoms with E-state index in [1.165, 1.54) is 10.2 Å². The number of hydrogen-bond acceptors (Lipinski definition) is 4. The van der Waals surface area contributed by atoms with E-state index in [1.807, 2.05) is 36.4 Å². The lowest BCUT2D eigenvalue weighted by Gasteiger charge is -2.21. The van der Waals surface area contributed by atoms with E-state index in [-0.39, 0.29) is 5.56 Å². The fraction of sp³-hybridized carbons (Fsp3) is 0.278. The Hall–Kier alpha value is -2.53. The van der Waals surface area contributed by atoms with Gasteiger partial charge in [-0.2, -0.15) is 4.68 Å². The molecule has 0 aliphatic heterocycles. The van der Waals surface area contributed by atoms with Crippen LogP contribution in [0.1, 0.15) is 18.9 Å². The Morgan fingerprint density at radius 2 is 1.78 bits per heavy atom. The van der Waals surface area contributed by atoms with E-state index in [4.69, 9.17) is 0 Å². The zero-order valence-electron chi connectivity index (χ0n) is 13.2. The highest BCUT2D eigenvalue weighted by Crippen LogP contribution is 2.07. The van der Waals surface area contributed by atoms with Gasteiger partial charge in [-0.15, -0.1) is 5.10 Å². The van der Waals surface area contributed by atoms with Crippen molar-refractivity contribution in [2.45, 2.75) is 26.6 Å². The Kier molecular flexibility index (Phi) is 4.78. The predicted octanol–water partition coefficient (Wildman–Crippen LogP) is 2.66. The average molecular weight is 308 g/mol. The van der Waals surface area contributed by atoms with Crippen LogP contribution < -0.4 is 5.56 Å². The van der Waals surface area contributed by atoms with Gasteiger partial charge in [0, 0.05) is 6.54 Å². The van der Waals surface area contributed by atoms with Crippen LogP contribution in [-0.4, -0.2) is 26.4 Å². The molecule has 0 amide bonds. The number of nitrogens with zero attached hydrogens (tertiary/aromatic N) is 4. The summed E-state index contributed by atoms with van der Waals surface area (Å²) < 4.78 is 1.45. The first-order valence-electron chi connectivity index (χ1n) is 7.86. The molecule has 5 nitrogen and oxygen atoms in total. The number of benzene rings is 2. The maximum atomic E-state index is 12.6. The summed E-state index contributed by atoms with van der Waals surface area (Å²) in [4.78, 5) is 14.8. The molecule has 3 rings (SSSR count). The molecule has 0 saturated carbocycles. The van der Waals surface area contributed by atoms with Gasteiger partial charge in [-0.3, -0.25) is 9.69 Å². The Morgan fingerprint density at radius 1 is 1.04 bits per heavy atom. The van der Waals surface area contributed by atoms with E-state index in [0.29, 0.717) is 17.6 Å². The first-order valence-corrected chi connectivity index (χ1v) is 7.86. The molecule has 2 aromatic carbocycles. The van der Waals surface area contributed by atoms with Crippen LogP contribution in [0.2, 0.25) is 0 Å². The van der Waals surface area contributed by atoms with Crippen molar-refractivity contribution >= 4 is 10.9 Å². The SMILES string of the molecule is CCCN(Cc1ccccc1)Cn1nnc2ccccc2c1=O. The van der Waals surface area contributed by atoms with E-state index >= 15 is 0 Å². The summed E-state index contributed by atoms with van der Waals surface area (Å²) in [5, 5.41) is 8.84. The van der Waals surface area contributed by atoms with Gasteiger partial charge in [-0.1, -0.05) is 54.6 Å². The smallest absolute Gasteiger partial charge is 0.278 e. The van der Waals surface area contributed by atoms with Crippen LogP contribution in [0.3, 0.4) is 0 Å². The third kappa shape index (κ3) is 3.63. The molecule has 0 spiro atoms. The molecule has 23 heavy (non-hydrogen) atoms. The lowest BCUT2D eigenvalue weighted by Crippen LogP contribution is -2.34. The molecule has 0 atom stereocenters. The molecule has 3 aromatic rings. The first kappa shape index (κ1) is 15.4. The zero-order valence-corrected chi connectivity index (χ0v) is 13.2. The van der Waals surface area contributed by atoms with E-state index < -0.39 is 0 Å². The lowest BCUT2D eigenvalue weighted by molar-refractivity contribution is 0.191. The van der Waals surface area contributed by atoms with E-state index in [9.17, 15) is 4.79 Å². The van der Waals surface area contributed by atoms with Crippen molar-refractivity contribution in [3.05, 3.63) is 70.5 Å². The number of fused-ring (bicyclic) bond motifs is 1. The van der Waals surface area contributed by atoms with Crippen molar-refractivity contribution in [2.75, 3.05) is 6.54 Å². The molecule has 0 saturated heterocycles. The van der Waals surface area contributed by atoms with Gasteiger partial charge in [0.05, 0.1) is 12.1 Å². The second-order valence-electron chi connectivity index (χ2n) is 5.59. The summed E-state index contributed by atoms with van der Waals surface area (Å²) in [7, 11) is 0. The van der Waals surface area contributed by atoms with Gasteiger partial charge in [0.1, 0.15) is 5.52 Å². The fourth-order valence-electron chi connectivity index (χ4n) is 2.66. The standard InChI is InChI=1S/C18H20N4O/c1-2-12-21(13-15-8-4-3-5-9-15)14-22-18(23)16-10-6-7-11-17(16)19-20-22/h3-11H,2,12-14H2,1H3. The average Bonchev–Trinajstić information content (AvgIpc) is 2.59. The van der Waals surface area contributed by atoms with Gasteiger partial charge in [-0.25, -0.2) is 0 Å². The largest absolute Gasteiger partial charge is 0.280 e. The lowest BCUT2D eigenvalue weighted by atomic mass is 10.2. The zero-order chi connectivity index (χ0) is 16.1. The van der Waals surface area contributed by atoms with Crippen molar-refractivity contribution in [1.82, 2.24) is 19.9 Å². The summed E-state index contributed by atoms with van der Waals surface area (Å²) in [6, 6.07) is 17.6. The van der Waals surface area contributed by atoms with Crippen molar-refractivity contribution in [3.63, 3.8) is 0 Å². The van der Waals surface area contributed by atoms with E-state index in [2.05, 4.69) is 34.3 Å². The number of rotatable bonds is 6. The summed E-state index contributed by atoms with van der Waals surface area (Å²) in [5.74, 6) is 0. The highest BCUT2D eigenvalue weighted by atomic mass is 16.1. The van der Waals surface area contributed by atoms with Crippen molar-refractivity contribution < 1.29 is 0 Å². The highest BCUT2D eigenvalue weighted by Gasteiger charge is 2.10. The Bertz CT molecular complexity index is 829. The van der Waals surface area contributed by atoms with Gasteiger partial charge < -0.3 is 0 Å². The minimum absolute atomic E-state index is 0.0928. The summed E-state index contributed by atoms with van der Waals surface area (Å²) >= 11 is 0. The molecule has 0 bridgehead atoms. The van der Waals surface area contributed by atoms with Crippen LogP contribution in [0, 0.1) is 0 Å². The van der Waals surface area contributed by atoms with Gasteiger partial charge in [0.2, 0.25) is 0 Å². The molecular weight excluding hydrogens is 288 g/mol. The predicted molar refractivity (Wildman–Crippen MR) is 90.9 cm³/mol. The van der Waals surface area contributed by atoms with Crippen molar-refractivity contribution in [3.8, 4) is 0 Å². The molecule has 118 valence electrons. The number of aromatic nitrogens is 3. The van der Waals surface area contributed by atoms with Crippen molar-refractivity contribution in [2.24, 2.45) is 0 Å².